The van der Waals surface area contributed by atoms with Crippen molar-refractivity contribution in [2.24, 2.45) is 5.73 Å². The summed E-state index contributed by atoms with van der Waals surface area (Å²) in [5, 5.41) is 0.749. The minimum absolute atomic E-state index is 0.279. The minimum atomic E-state index is 0.279. The fraction of sp³-hybridized carbons (Fsp3) is 0.500. The first-order valence-corrected chi connectivity index (χ1v) is 5.93. The van der Waals surface area contributed by atoms with Gasteiger partial charge in [-0.1, -0.05) is 17.7 Å². The molecule has 0 radical (unpaired) electrons. The van der Waals surface area contributed by atoms with Crippen LogP contribution in [0.1, 0.15) is 12.5 Å². The Balaban J connectivity index is 2.17. The van der Waals surface area contributed by atoms with E-state index in [1.165, 1.54) is 0 Å². The number of nitrogens with zero attached hydrogens (tertiary/aromatic N) is 1. The Hall–Kier alpha value is -0.770. The minimum Gasteiger partial charge on any atom is -0.375 e. The van der Waals surface area contributed by atoms with E-state index in [2.05, 4.69) is 17.9 Å². The lowest BCUT2D eigenvalue weighted by atomic mass is 10.1. The van der Waals surface area contributed by atoms with Gasteiger partial charge in [0.05, 0.1) is 12.7 Å². The van der Waals surface area contributed by atoms with E-state index in [4.69, 9.17) is 22.1 Å². The molecule has 0 saturated carbocycles. The molecule has 2 rings (SSSR count). The average Bonchev–Trinajstić information content (AvgIpc) is 2.29. The summed E-state index contributed by atoms with van der Waals surface area (Å²) in [4.78, 5) is 2.29. The van der Waals surface area contributed by atoms with Gasteiger partial charge in [0, 0.05) is 30.3 Å². The van der Waals surface area contributed by atoms with Gasteiger partial charge in [-0.3, -0.25) is 0 Å². The second-order valence-corrected chi connectivity index (χ2v) is 4.51. The third-order valence-corrected chi connectivity index (χ3v) is 3.21. The molecule has 1 unspecified atom stereocenters. The molecule has 1 fully saturated rings. The van der Waals surface area contributed by atoms with Crippen LogP contribution in [0.2, 0.25) is 5.02 Å². The van der Waals surface area contributed by atoms with Crippen LogP contribution in [0.3, 0.4) is 0 Å². The Labute approximate surface area is 101 Å². The molecule has 1 aromatic rings. The van der Waals surface area contributed by atoms with E-state index in [0.29, 0.717) is 6.54 Å². The highest BCUT2D eigenvalue weighted by molar-refractivity contribution is 6.31. The summed E-state index contributed by atoms with van der Waals surface area (Å²) >= 11 is 6.15. The quantitative estimate of drug-likeness (QED) is 0.860. The van der Waals surface area contributed by atoms with Crippen molar-refractivity contribution < 1.29 is 4.74 Å². The monoisotopic (exact) mass is 240 g/mol. The molecule has 0 bridgehead atoms. The fourth-order valence-corrected chi connectivity index (χ4v) is 2.20. The van der Waals surface area contributed by atoms with E-state index in [-0.39, 0.29) is 6.10 Å². The zero-order valence-electron chi connectivity index (χ0n) is 9.45. The Kier molecular flexibility index (Phi) is 3.69. The first-order valence-electron chi connectivity index (χ1n) is 5.55. The number of benzene rings is 1. The molecule has 88 valence electrons. The van der Waals surface area contributed by atoms with Crippen molar-refractivity contribution in [1.82, 2.24) is 0 Å². The number of hydrogen-bond donors (Lipinski definition) is 1. The van der Waals surface area contributed by atoms with Gasteiger partial charge in [0.15, 0.2) is 0 Å². The number of rotatable bonds is 2. The predicted molar refractivity (Wildman–Crippen MR) is 67.0 cm³/mol. The Morgan fingerprint density at radius 1 is 1.56 bits per heavy atom. The predicted octanol–water partition coefficient (Wildman–Crippen LogP) is 2.02. The van der Waals surface area contributed by atoms with Crippen molar-refractivity contribution in [1.29, 1.82) is 0 Å². The van der Waals surface area contributed by atoms with Gasteiger partial charge in [0.1, 0.15) is 0 Å². The van der Waals surface area contributed by atoms with Gasteiger partial charge in [-0.25, -0.2) is 0 Å². The van der Waals surface area contributed by atoms with Crippen molar-refractivity contribution in [3.05, 3.63) is 28.8 Å². The van der Waals surface area contributed by atoms with Crippen LogP contribution in [-0.4, -0.2) is 25.8 Å². The van der Waals surface area contributed by atoms with Crippen molar-refractivity contribution >= 4 is 17.3 Å². The maximum Gasteiger partial charge on any atom is 0.0722 e. The molecule has 1 heterocycles. The fourth-order valence-electron chi connectivity index (χ4n) is 1.95. The normalized spacial score (nSPS) is 21.2. The summed E-state index contributed by atoms with van der Waals surface area (Å²) < 4.78 is 5.51. The number of nitrogens with two attached hydrogens (primary N) is 1. The van der Waals surface area contributed by atoms with Gasteiger partial charge in [-0.15, -0.1) is 0 Å². The molecule has 1 saturated heterocycles. The summed E-state index contributed by atoms with van der Waals surface area (Å²) in [6, 6.07) is 6.06. The average molecular weight is 241 g/mol. The van der Waals surface area contributed by atoms with Gasteiger partial charge in [-0.2, -0.15) is 0 Å². The summed E-state index contributed by atoms with van der Waals surface area (Å²) in [5.41, 5.74) is 7.73. The van der Waals surface area contributed by atoms with Crippen molar-refractivity contribution in [2.75, 3.05) is 24.6 Å². The van der Waals surface area contributed by atoms with E-state index in [0.717, 1.165) is 36.0 Å². The molecule has 1 aliphatic heterocycles. The van der Waals surface area contributed by atoms with Crippen molar-refractivity contribution in [3.63, 3.8) is 0 Å². The lowest BCUT2D eigenvalue weighted by molar-refractivity contribution is 0.0532. The van der Waals surface area contributed by atoms with E-state index in [1.807, 2.05) is 12.1 Å². The molecule has 0 amide bonds. The molecule has 1 aromatic carbocycles. The Morgan fingerprint density at radius 3 is 3.00 bits per heavy atom. The maximum atomic E-state index is 6.15. The molecule has 0 spiro atoms. The van der Waals surface area contributed by atoms with E-state index < -0.39 is 0 Å². The van der Waals surface area contributed by atoms with Gasteiger partial charge in [0.2, 0.25) is 0 Å². The Morgan fingerprint density at radius 2 is 2.38 bits per heavy atom. The SMILES string of the molecule is CC1CN(c2ccc(CN)c(Cl)c2)CCO1. The second kappa shape index (κ2) is 5.04. The largest absolute Gasteiger partial charge is 0.375 e. The zero-order chi connectivity index (χ0) is 11.5. The van der Waals surface area contributed by atoms with Crippen LogP contribution in [0, 0.1) is 0 Å². The number of morpholine rings is 1. The number of halogens is 1. The van der Waals surface area contributed by atoms with E-state index >= 15 is 0 Å². The van der Waals surface area contributed by atoms with Crippen LogP contribution in [0.5, 0.6) is 0 Å². The molecule has 0 aromatic heterocycles. The summed E-state index contributed by atoms with van der Waals surface area (Å²) in [5.74, 6) is 0. The first-order chi connectivity index (χ1) is 7.70. The summed E-state index contributed by atoms with van der Waals surface area (Å²) in [6.45, 7) is 5.18. The highest BCUT2D eigenvalue weighted by Gasteiger charge is 2.17. The first kappa shape index (κ1) is 11.7. The van der Waals surface area contributed by atoms with Crippen LogP contribution >= 0.6 is 11.6 Å². The number of hydrogen-bond acceptors (Lipinski definition) is 3. The molecular weight excluding hydrogens is 224 g/mol. The van der Waals surface area contributed by atoms with Crippen LogP contribution in [0.15, 0.2) is 18.2 Å². The highest BCUT2D eigenvalue weighted by atomic mass is 35.5. The van der Waals surface area contributed by atoms with Crippen molar-refractivity contribution in [2.45, 2.75) is 19.6 Å². The van der Waals surface area contributed by atoms with Crippen LogP contribution < -0.4 is 10.6 Å². The van der Waals surface area contributed by atoms with Gasteiger partial charge >= 0.3 is 0 Å². The molecular formula is C12H17ClN2O. The van der Waals surface area contributed by atoms with E-state index in [1.54, 1.807) is 0 Å². The molecule has 2 N–H and O–H groups in total. The van der Waals surface area contributed by atoms with Crippen LogP contribution in [0.4, 0.5) is 5.69 Å². The smallest absolute Gasteiger partial charge is 0.0722 e. The highest BCUT2D eigenvalue weighted by Crippen LogP contribution is 2.24. The molecule has 16 heavy (non-hydrogen) atoms. The third-order valence-electron chi connectivity index (χ3n) is 2.86. The third kappa shape index (κ3) is 2.48. The second-order valence-electron chi connectivity index (χ2n) is 4.11. The van der Waals surface area contributed by atoms with E-state index in [9.17, 15) is 0 Å². The number of anilines is 1. The van der Waals surface area contributed by atoms with Crippen LogP contribution in [0.25, 0.3) is 0 Å². The standard InChI is InChI=1S/C12H17ClN2O/c1-9-8-15(4-5-16-9)11-3-2-10(7-14)12(13)6-11/h2-3,6,9H,4-5,7-8,14H2,1H3. The molecule has 3 nitrogen and oxygen atoms in total. The lowest BCUT2D eigenvalue weighted by Gasteiger charge is -2.33. The molecule has 0 aliphatic carbocycles. The molecule has 1 atom stereocenters. The maximum absolute atomic E-state index is 6.15. The van der Waals surface area contributed by atoms with Gasteiger partial charge in [-0.05, 0) is 24.6 Å². The molecule has 4 heteroatoms. The van der Waals surface area contributed by atoms with Crippen LogP contribution in [-0.2, 0) is 11.3 Å². The summed E-state index contributed by atoms with van der Waals surface area (Å²) in [6.07, 6.45) is 0.279. The topological polar surface area (TPSA) is 38.5 Å². The zero-order valence-corrected chi connectivity index (χ0v) is 10.2. The number of ether oxygens (including phenoxy) is 1. The van der Waals surface area contributed by atoms with Gasteiger partial charge in [0.25, 0.3) is 0 Å². The van der Waals surface area contributed by atoms with Gasteiger partial charge < -0.3 is 15.4 Å². The lowest BCUT2D eigenvalue weighted by Crippen LogP contribution is -2.41. The van der Waals surface area contributed by atoms with Crippen molar-refractivity contribution in [3.8, 4) is 0 Å². The molecule has 1 aliphatic rings. The summed E-state index contributed by atoms with van der Waals surface area (Å²) in [7, 11) is 0. The Bertz CT molecular complexity index is 370.